The Balaban J connectivity index is 2.50. The lowest BCUT2D eigenvalue weighted by Crippen LogP contribution is -2.44. The fraction of sp³-hybridized carbons (Fsp3) is 0.467. The lowest BCUT2D eigenvalue weighted by Gasteiger charge is -2.30. The van der Waals surface area contributed by atoms with E-state index in [1.54, 1.807) is 7.11 Å². The third kappa shape index (κ3) is 2.48. The van der Waals surface area contributed by atoms with Crippen molar-refractivity contribution in [2.24, 2.45) is 5.92 Å². The smallest absolute Gasteiger partial charge is 0.316 e. The molecule has 0 aliphatic carbocycles. The molecular weight excluding hydrogens is 258 g/mol. The summed E-state index contributed by atoms with van der Waals surface area (Å²) in [6.45, 7) is 4.43. The van der Waals surface area contributed by atoms with Gasteiger partial charge in [-0.05, 0) is 43.0 Å². The first-order chi connectivity index (χ1) is 9.45. The van der Waals surface area contributed by atoms with Crippen LogP contribution in [0.25, 0.3) is 0 Å². The van der Waals surface area contributed by atoms with Gasteiger partial charge in [0.05, 0.1) is 7.11 Å². The minimum absolute atomic E-state index is 0.351. The Morgan fingerprint density at radius 1 is 1.35 bits per heavy atom. The normalized spacial score (nSPS) is 22.2. The van der Waals surface area contributed by atoms with Crippen LogP contribution in [0, 0.1) is 19.8 Å². The minimum Gasteiger partial charge on any atom is -0.496 e. The first kappa shape index (κ1) is 14.4. The fourth-order valence-corrected chi connectivity index (χ4v) is 2.71. The Bertz CT molecular complexity index is 553. The molecule has 1 heterocycles. The van der Waals surface area contributed by atoms with Crippen molar-refractivity contribution in [2.75, 3.05) is 13.7 Å². The van der Waals surface area contributed by atoms with E-state index in [1.807, 2.05) is 26.0 Å². The van der Waals surface area contributed by atoms with Crippen LogP contribution < -0.4 is 10.1 Å². The molecule has 1 aromatic carbocycles. The Labute approximate surface area is 117 Å². The zero-order chi connectivity index (χ0) is 14.9. The van der Waals surface area contributed by atoms with Crippen molar-refractivity contribution >= 4 is 11.9 Å². The Kier molecular flexibility index (Phi) is 3.97. The number of hydrogen-bond acceptors (Lipinski definition) is 3. The summed E-state index contributed by atoms with van der Waals surface area (Å²) >= 11 is 0. The number of amides is 1. The molecule has 5 nitrogen and oxygen atoms in total. The summed E-state index contributed by atoms with van der Waals surface area (Å²) in [6.07, 6.45) is 0.599. The molecule has 0 bridgehead atoms. The van der Waals surface area contributed by atoms with Gasteiger partial charge in [0.25, 0.3) is 0 Å². The standard InChI is InChI=1S/C15H19NO4/c1-8-6-11(12(20-3)7-9(8)2)10-4-5-16-14(17)13(10)15(18)19/h6-7,10,13H,4-5H2,1-3H3,(H,16,17)(H,18,19). The predicted molar refractivity (Wildman–Crippen MR) is 74.0 cm³/mol. The van der Waals surface area contributed by atoms with Gasteiger partial charge in [-0.25, -0.2) is 0 Å². The average Bonchev–Trinajstić information content (AvgIpc) is 2.40. The molecule has 2 N–H and O–H groups in total. The lowest BCUT2D eigenvalue weighted by molar-refractivity contribution is -0.149. The van der Waals surface area contributed by atoms with E-state index in [-0.39, 0.29) is 5.92 Å². The average molecular weight is 277 g/mol. The maximum Gasteiger partial charge on any atom is 0.316 e. The SMILES string of the molecule is COc1cc(C)c(C)cc1C1CCNC(=O)C1C(=O)O. The van der Waals surface area contributed by atoms with Gasteiger partial charge in [0.2, 0.25) is 5.91 Å². The molecule has 0 aromatic heterocycles. The van der Waals surface area contributed by atoms with Gasteiger partial charge in [0.1, 0.15) is 11.7 Å². The molecule has 1 aliphatic rings. The molecule has 20 heavy (non-hydrogen) atoms. The summed E-state index contributed by atoms with van der Waals surface area (Å²) < 4.78 is 5.37. The second-order valence-electron chi connectivity index (χ2n) is 5.18. The van der Waals surface area contributed by atoms with Crippen LogP contribution in [-0.2, 0) is 9.59 Å². The summed E-state index contributed by atoms with van der Waals surface area (Å²) in [4.78, 5) is 23.2. The van der Waals surface area contributed by atoms with Crippen LogP contribution in [0.4, 0.5) is 0 Å². The van der Waals surface area contributed by atoms with Crippen molar-refractivity contribution in [3.05, 3.63) is 28.8 Å². The third-order valence-corrected chi connectivity index (χ3v) is 3.95. The van der Waals surface area contributed by atoms with E-state index >= 15 is 0 Å². The van der Waals surface area contributed by atoms with Crippen molar-refractivity contribution in [1.29, 1.82) is 0 Å². The second-order valence-corrected chi connectivity index (χ2v) is 5.18. The van der Waals surface area contributed by atoms with E-state index in [2.05, 4.69) is 5.32 Å². The topological polar surface area (TPSA) is 75.6 Å². The largest absolute Gasteiger partial charge is 0.496 e. The number of methoxy groups -OCH3 is 1. The van der Waals surface area contributed by atoms with Crippen LogP contribution in [0.1, 0.15) is 29.0 Å². The summed E-state index contributed by atoms with van der Waals surface area (Å²) in [5.74, 6) is -2.27. The summed E-state index contributed by atoms with van der Waals surface area (Å²) in [5.41, 5.74) is 2.95. The highest BCUT2D eigenvalue weighted by Crippen LogP contribution is 2.38. The van der Waals surface area contributed by atoms with Crippen LogP contribution in [0.2, 0.25) is 0 Å². The highest BCUT2D eigenvalue weighted by Gasteiger charge is 2.39. The number of benzene rings is 1. The molecule has 108 valence electrons. The lowest BCUT2D eigenvalue weighted by atomic mass is 9.79. The van der Waals surface area contributed by atoms with Gasteiger partial charge >= 0.3 is 5.97 Å². The quantitative estimate of drug-likeness (QED) is 0.823. The Hall–Kier alpha value is -2.04. The molecule has 0 spiro atoms. The fourth-order valence-electron chi connectivity index (χ4n) is 2.71. The number of aryl methyl sites for hydroxylation is 2. The van der Waals surface area contributed by atoms with Crippen molar-refractivity contribution in [2.45, 2.75) is 26.2 Å². The van der Waals surface area contributed by atoms with Crippen LogP contribution in [-0.4, -0.2) is 30.6 Å². The summed E-state index contributed by atoms with van der Waals surface area (Å²) in [7, 11) is 1.56. The molecule has 1 amide bonds. The maximum atomic E-state index is 11.8. The monoisotopic (exact) mass is 277 g/mol. The van der Waals surface area contributed by atoms with E-state index in [4.69, 9.17) is 4.74 Å². The minimum atomic E-state index is -1.09. The van der Waals surface area contributed by atoms with Gasteiger partial charge in [0.15, 0.2) is 0 Å². The molecule has 5 heteroatoms. The summed E-state index contributed by atoms with van der Waals surface area (Å²) in [5, 5.41) is 11.9. The van der Waals surface area contributed by atoms with Gasteiger partial charge in [-0.15, -0.1) is 0 Å². The van der Waals surface area contributed by atoms with Crippen molar-refractivity contribution < 1.29 is 19.4 Å². The molecule has 1 aromatic rings. The van der Waals surface area contributed by atoms with Gasteiger partial charge in [0, 0.05) is 12.5 Å². The predicted octanol–water partition coefficient (Wildman–Crippen LogP) is 1.62. The highest BCUT2D eigenvalue weighted by molar-refractivity contribution is 5.98. The number of hydrogen-bond donors (Lipinski definition) is 2. The molecule has 1 fully saturated rings. The number of carbonyl (C=O) groups is 2. The molecule has 0 saturated carbocycles. The van der Waals surface area contributed by atoms with Crippen molar-refractivity contribution in [3.63, 3.8) is 0 Å². The number of piperidine rings is 1. The molecule has 1 saturated heterocycles. The van der Waals surface area contributed by atoms with E-state index in [0.29, 0.717) is 18.7 Å². The maximum absolute atomic E-state index is 11.8. The van der Waals surface area contributed by atoms with Gasteiger partial charge < -0.3 is 15.2 Å². The molecular formula is C15H19NO4. The van der Waals surface area contributed by atoms with Gasteiger partial charge in [-0.1, -0.05) is 6.07 Å². The molecule has 2 rings (SSSR count). The van der Waals surface area contributed by atoms with Crippen molar-refractivity contribution in [1.82, 2.24) is 5.32 Å². The Morgan fingerprint density at radius 2 is 2.00 bits per heavy atom. The number of carbonyl (C=O) groups excluding carboxylic acids is 1. The number of aliphatic carboxylic acids is 1. The van der Waals surface area contributed by atoms with E-state index in [1.165, 1.54) is 0 Å². The van der Waals surface area contributed by atoms with E-state index in [0.717, 1.165) is 16.7 Å². The number of nitrogens with one attached hydrogen (secondary N) is 1. The van der Waals surface area contributed by atoms with Crippen molar-refractivity contribution in [3.8, 4) is 5.75 Å². The van der Waals surface area contributed by atoms with Crippen LogP contribution in [0.15, 0.2) is 12.1 Å². The van der Waals surface area contributed by atoms with Crippen LogP contribution >= 0.6 is 0 Å². The number of carboxylic acids is 1. The molecule has 2 atom stereocenters. The van der Waals surface area contributed by atoms with Crippen LogP contribution in [0.5, 0.6) is 5.75 Å². The van der Waals surface area contributed by atoms with Gasteiger partial charge in [-0.3, -0.25) is 9.59 Å². The zero-order valence-electron chi connectivity index (χ0n) is 11.9. The molecule has 2 unspecified atom stereocenters. The number of rotatable bonds is 3. The van der Waals surface area contributed by atoms with E-state index < -0.39 is 17.8 Å². The Morgan fingerprint density at radius 3 is 2.60 bits per heavy atom. The highest BCUT2D eigenvalue weighted by atomic mass is 16.5. The number of carboxylic acid groups (broad SMARTS) is 1. The molecule has 0 radical (unpaired) electrons. The van der Waals surface area contributed by atoms with Gasteiger partial charge in [-0.2, -0.15) is 0 Å². The second kappa shape index (κ2) is 5.53. The summed E-state index contributed by atoms with van der Waals surface area (Å²) in [6, 6.07) is 3.84. The first-order valence-electron chi connectivity index (χ1n) is 6.61. The molecule has 1 aliphatic heterocycles. The third-order valence-electron chi connectivity index (χ3n) is 3.95. The van der Waals surface area contributed by atoms with Crippen LogP contribution in [0.3, 0.4) is 0 Å². The van der Waals surface area contributed by atoms with E-state index in [9.17, 15) is 14.7 Å². The number of ether oxygens (including phenoxy) is 1. The first-order valence-corrected chi connectivity index (χ1v) is 6.61. The zero-order valence-corrected chi connectivity index (χ0v) is 11.9.